The number of hydrogen-bond acceptors (Lipinski definition) is 3. The summed E-state index contributed by atoms with van der Waals surface area (Å²) in [6.45, 7) is 6.77. The molecule has 0 aliphatic carbocycles. The van der Waals surface area contributed by atoms with Crippen molar-refractivity contribution in [3.63, 3.8) is 0 Å². The van der Waals surface area contributed by atoms with Crippen LogP contribution in [0.2, 0.25) is 0 Å². The van der Waals surface area contributed by atoms with E-state index in [0.29, 0.717) is 17.7 Å². The van der Waals surface area contributed by atoms with Gasteiger partial charge in [-0.15, -0.1) is 0 Å². The van der Waals surface area contributed by atoms with Crippen molar-refractivity contribution in [1.82, 2.24) is 10.2 Å². The Hall–Kier alpha value is -2.64. The molecule has 4 heteroatoms. The van der Waals surface area contributed by atoms with Gasteiger partial charge in [-0.05, 0) is 49.3 Å². The molecule has 1 unspecified atom stereocenters. The van der Waals surface area contributed by atoms with Gasteiger partial charge in [0.25, 0.3) is 5.91 Å². The smallest absolute Gasteiger partial charge is 0.251 e. The minimum Gasteiger partial charge on any atom is -0.350 e. The van der Waals surface area contributed by atoms with Crippen molar-refractivity contribution < 1.29 is 4.79 Å². The number of nitriles is 1. The fourth-order valence-corrected chi connectivity index (χ4v) is 2.97. The predicted octanol–water partition coefficient (Wildman–Crippen LogP) is 3.24. The van der Waals surface area contributed by atoms with Crippen LogP contribution in [0.3, 0.4) is 0 Å². The molecule has 0 aliphatic rings. The summed E-state index contributed by atoms with van der Waals surface area (Å²) >= 11 is 0. The summed E-state index contributed by atoms with van der Waals surface area (Å²) in [5.41, 5.74) is 2.41. The van der Waals surface area contributed by atoms with Crippen LogP contribution in [0, 0.1) is 11.3 Å². The lowest BCUT2D eigenvalue weighted by molar-refractivity contribution is 0.0934. The van der Waals surface area contributed by atoms with E-state index >= 15 is 0 Å². The highest BCUT2D eigenvalue weighted by atomic mass is 16.1. The Kier molecular flexibility index (Phi) is 7.18. The lowest BCUT2D eigenvalue weighted by Crippen LogP contribution is -2.45. The molecule has 1 amide bonds. The van der Waals surface area contributed by atoms with Crippen LogP contribution in [0.1, 0.15) is 35.3 Å². The Morgan fingerprint density at radius 1 is 1.08 bits per heavy atom. The average Bonchev–Trinajstić information content (AvgIpc) is 2.67. The standard InChI is InChI=1S/C21H25N3O/c1-3-24(4-2)20(14-17-8-6-5-7-9-17)16-23-21(25)19-12-10-18(15-22)11-13-19/h5-13,20H,3-4,14,16H2,1-2H3,(H,23,25). The molecule has 0 aromatic heterocycles. The maximum atomic E-state index is 12.4. The molecule has 130 valence electrons. The Labute approximate surface area is 150 Å². The molecule has 1 N–H and O–H groups in total. The molecule has 25 heavy (non-hydrogen) atoms. The first-order chi connectivity index (χ1) is 12.2. The predicted molar refractivity (Wildman–Crippen MR) is 100 cm³/mol. The lowest BCUT2D eigenvalue weighted by atomic mass is 10.0. The number of hydrogen-bond donors (Lipinski definition) is 1. The van der Waals surface area contributed by atoms with E-state index in [1.165, 1.54) is 5.56 Å². The van der Waals surface area contributed by atoms with Crippen LogP contribution >= 0.6 is 0 Å². The summed E-state index contributed by atoms with van der Waals surface area (Å²) < 4.78 is 0. The van der Waals surface area contributed by atoms with Crippen molar-refractivity contribution in [2.45, 2.75) is 26.3 Å². The van der Waals surface area contributed by atoms with Gasteiger partial charge in [-0.1, -0.05) is 44.2 Å². The van der Waals surface area contributed by atoms with Crippen molar-refractivity contribution in [2.75, 3.05) is 19.6 Å². The fourth-order valence-electron chi connectivity index (χ4n) is 2.97. The van der Waals surface area contributed by atoms with Gasteiger partial charge in [0.15, 0.2) is 0 Å². The van der Waals surface area contributed by atoms with Gasteiger partial charge in [0.2, 0.25) is 0 Å². The SMILES string of the molecule is CCN(CC)C(CNC(=O)c1ccc(C#N)cc1)Cc1ccccc1. The molecule has 0 saturated heterocycles. The van der Waals surface area contributed by atoms with E-state index in [4.69, 9.17) is 5.26 Å². The van der Waals surface area contributed by atoms with Gasteiger partial charge in [0.05, 0.1) is 11.6 Å². The van der Waals surface area contributed by atoms with Crippen LogP contribution in [0.4, 0.5) is 0 Å². The summed E-state index contributed by atoms with van der Waals surface area (Å²) in [7, 11) is 0. The van der Waals surface area contributed by atoms with Gasteiger partial charge in [0.1, 0.15) is 0 Å². The van der Waals surface area contributed by atoms with Crippen molar-refractivity contribution in [3.8, 4) is 6.07 Å². The molecule has 0 spiro atoms. The maximum Gasteiger partial charge on any atom is 0.251 e. The summed E-state index contributed by atoms with van der Waals surface area (Å²) in [6, 6.07) is 19.4. The molecule has 0 aliphatic heterocycles. The molecule has 2 aromatic carbocycles. The number of carbonyl (C=O) groups is 1. The zero-order chi connectivity index (χ0) is 18.1. The van der Waals surface area contributed by atoms with Crippen molar-refractivity contribution in [3.05, 3.63) is 71.3 Å². The Bertz CT molecular complexity index is 700. The largest absolute Gasteiger partial charge is 0.350 e. The Balaban J connectivity index is 2.02. The molecule has 2 rings (SSSR count). The molecule has 0 radical (unpaired) electrons. The second kappa shape index (κ2) is 9.61. The van der Waals surface area contributed by atoms with Crippen LogP contribution in [0.15, 0.2) is 54.6 Å². The normalized spacial score (nSPS) is 11.8. The van der Waals surface area contributed by atoms with E-state index in [1.807, 2.05) is 18.2 Å². The summed E-state index contributed by atoms with van der Waals surface area (Å²) in [4.78, 5) is 14.8. The zero-order valence-electron chi connectivity index (χ0n) is 14.9. The van der Waals surface area contributed by atoms with E-state index < -0.39 is 0 Å². The molecule has 4 nitrogen and oxygen atoms in total. The zero-order valence-corrected chi connectivity index (χ0v) is 14.9. The highest BCUT2D eigenvalue weighted by Crippen LogP contribution is 2.09. The molecular formula is C21H25N3O. The molecule has 0 saturated carbocycles. The van der Waals surface area contributed by atoms with Crippen LogP contribution in [0.5, 0.6) is 0 Å². The minimum atomic E-state index is -0.102. The third-order valence-electron chi connectivity index (χ3n) is 4.42. The van der Waals surface area contributed by atoms with Crippen LogP contribution < -0.4 is 5.32 Å². The first-order valence-corrected chi connectivity index (χ1v) is 8.74. The topological polar surface area (TPSA) is 56.1 Å². The van der Waals surface area contributed by atoms with Gasteiger partial charge in [-0.3, -0.25) is 9.69 Å². The molecule has 2 aromatic rings. The maximum absolute atomic E-state index is 12.4. The summed E-state index contributed by atoms with van der Waals surface area (Å²) in [5.74, 6) is -0.102. The number of carbonyl (C=O) groups excluding carboxylic acids is 1. The van der Waals surface area contributed by atoms with E-state index in [-0.39, 0.29) is 11.9 Å². The van der Waals surface area contributed by atoms with Gasteiger partial charge in [-0.25, -0.2) is 0 Å². The highest BCUT2D eigenvalue weighted by molar-refractivity contribution is 5.94. The quantitative estimate of drug-likeness (QED) is 0.806. The Morgan fingerprint density at radius 3 is 2.28 bits per heavy atom. The van der Waals surface area contributed by atoms with E-state index in [0.717, 1.165) is 19.5 Å². The molecular weight excluding hydrogens is 310 g/mol. The first-order valence-electron chi connectivity index (χ1n) is 8.74. The molecule has 0 fully saturated rings. The summed E-state index contributed by atoms with van der Waals surface area (Å²) in [5, 5.41) is 11.9. The van der Waals surface area contributed by atoms with E-state index in [2.05, 4.69) is 42.3 Å². The number of likely N-dealkylation sites (N-methyl/N-ethyl adjacent to an activating group) is 1. The highest BCUT2D eigenvalue weighted by Gasteiger charge is 2.17. The van der Waals surface area contributed by atoms with Crippen LogP contribution in [-0.4, -0.2) is 36.5 Å². The van der Waals surface area contributed by atoms with Crippen LogP contribution in [-0.2, 0) is 6.42 Å². The van der Waals surface area contributed by atoms with E-state index in [9.17, 15) is 4.79 Å². The van der Waals surface area contributed by atoms with Gasteiger partial charge >= 0.3 is 0 Å². The van der Waals surface area contributed by atoms with E-state index in [1.54, 1.807) is 24.3 Å². The van der Waals surface area contributed by atoms with Gasteiger partial charge in [-0.2, -0.15) is 5.26 Å². The number of nitrogens with one attached hydrogen (secondary N) is 1. The van der Waals surface area contributed by atoms with Crippen LogP contribution in [0.25, 0.3) is 0 Å². The van der Waals surface area contributed by atoms with Crippen molar-refractivity contribution >= 4 is 5.91 Å². The number of amides is 1. The third-order valence-corrected chi connectivity index (χ3v) is 4.42. The van der Waals surface area contributed by atoms with Gasteiger partial charge in [0, 0.05) is 18.2 Å². The molecule has 1 atom stereocenters. The fraction of sp³-hybridized carbons (Fsp3) is 0.333. The molecule has 0 heterocycles. The summed E-state index contributed by atoms with van der Waals surface area (Å²) in [6.07, 6.45) is 0.899. The van der Waals surface area contributed by atoms with Crippen molar-refractivity contribution in [2.24, 2.45) is 0 Å². The Morgan fingerprint density at radius 2 is 1.72 bits per heavy atom. The minimum absolute atomic E-state index is 0.102. The second-order valence-corrected chi connectivity index (χ2v) is 5.96. The number of benzene rings is 2. The average molecular weight is 335 g/mol. The number of nitrogens with zero attached hydrogens (tertiary/aromatic N) is 2. The number of rotatable bonds is 8. The first kappa shape index (κ1) is 18.7. The lowest BCUT2D eigenvalue weighted by Gasteiger charge is -2.30. The molecule has 0 bridgehead atoms. The van der Waals surface area contributed by atoms with Gasteiger partial charge < -0.3 is 5.32 Å². The third kappa shape index (κ3) is 5.44. The van der Waals surface area contributed by atoms with Crippen molar-refractivity contribution in [1.29, 1.82) is 5.26 Å². The monoisotopic (exact) mass is 335 g/mol. The second-order valence-electron chi connectivity index (χ2n) is 5.96.